The molecule has 0 N–H and O–H groups in total. The second-order valence-corrected chi connectivity index (χ2v) is 6.92. The van der Waals surface area contributed by atoms with Crippen molar-refractivity contribution >= 4 is 34.5 Å². The second-order valence-electron chi connectivity index (χ2n) is 4.54. The van der Waals surface area contributed by atoms with Crippen LogP contribution in [0, 0.1) is 0 Å². The fourth-order valence-corrected chi connectivity index (χ4v) is 1.50. The molecule has 0 aromatic rings. The summed E-state index contributed by atoms with van der Waals surface area (Å²) in [4.78, 5) is 23.1. The first kappa shape index (κ1) is 13.7. The van der Waals surface area contributed by atoms with E-state index >= 15 is 0 Å². The van der Waals surface area contributed by atoms with Gasteiger partial charge in [0.05, 0.1) is 13.0 Å². The molecule has 2 unspecified atom stereocenters. The molecule has 0 amide bonds. The molecular weight excluding hydrogens is 323 g/mol. The molecule has 1 saturated heterocycles. The molecule has 1 heterocycles. The lowest BCUT2D eigenvalue weighted by atomic mass is 9.96. The first-order valence-corrected chi connectivity index (χ1v) is 6.45. The monoisotopic (exact) mass is 340 g/mol. The van der Waals surface area contributed by atoms with E-state index < -0.39 is 9.02 Å². The molecule has 1 aliphatic heterocycles. The second kappa shape index (κ2) is 4.89. The maximum absolute atomic E-state index is 11.9. The lowest BCUT2D eigenvalue weighted by Gasteiger charge is -2.34. The summed E-state index contributed by atoms with van der Waals surface area (Å²) in [7, 11) is 0. The van der Waals surface area contributed by atoms with Gasteiger partial charge in [-0.25, -0.2) is 0 Å². The maximum Gasteiger partial charge on any atom is 0.322 e. The highest BCUT2D eigenvalue weighted by Gasteiger charge is 2.40. The highest BCUT2D eigenvalue weighted by Crippen LogP contribution is 2.31. The van der Waals surface area contributed by atoms with Crippen LogP contribution >= 0.6 is 22.6 Å². The molecule has 0 aromatic heterocycles. The summed E-state index contributed by atoms with van der Waals surface area (Å²) in [6.07, 6.45) is 1.42. The molecule has 1 aliphatic rings. The Bertz CT molecular complexity index is 300. The van der Waals surface area contributed by atoms with E-state index in [1.807, 2.05) is 13.8 Å². The third kappa shape index (κ3) is 3.33. The van der Waals surface area contributed by atoms with Crippen LogP contribution < -0.4 is 0 Å². The fourth-order valence-electron chi connectivity index (χ4n) is 1.39. The minimum atomic E-state index is -0.700. The summed E-state index contributed by atoms with van der Waals surface area (Å²) in [5.74, 6) is -0.555. The van der Waals surface area contributed by atoms with E-state index in [0.29, 0.717) is 19.4 Å². The molecule has 0 spiro atoms. The third-order valence-corrected chi connectivity index (χ3v) is 4.04. The number of halogens is 1. The molecule has 92 valence electrons. The summed E-state index contributed by atoms with van der Waals surface area (Å²) in [5.41, 5.74) is -0.700. The third-order valence-electron chi connectivity index (χ3n) is 2.84. The predicted molar refractivity (Wildman–Crippen MR) is 67.4 cm³/mol. The smallest absolute Gasteiger partial charge is 0.322 e. The summed E-state index contributed by atoms with van der Waals surface area (Å²) < 4.78 is 9.77. The van der Waals surface area contributed by atoms with Gasteiger partial charge in [-0.2, -0.15) is 0 Å². The number of cyclic esters (lactones) is 1. The van der Waals surface area contributed by atoms with Crippen molar-refractivity contribution in [1.29, 1.82) is 0 Å². The van der Waals surface area contributed by atoms with Crippen molar-refractivity contribution in [2.45, 2.75) is 49.1 Å². The SMILES string of the molecule is CCC(C)(I)C(=O)OC1(C)CCOC(=O)C1. The van der Waals surface area contributed by atoms with E-state index in [1.54, 1.807) is 6.92 Å². The average molecular weight is 340 g/mol. The van der Waals surface area contributed by atoms with E-state index in [1.165, 1.54) is 0 Å². The lowest BCUT2D eigenvalue weighted by molar-refractivity contribution is -0.176. The zero-order valence-electron chi connectivity index (χ0n) is 9.84. The Kier molecular flexibility index (Phi) is 4.20. The van der Waals surface area contributed by atoms with Crippen molar-refractivity contribution < 1.29 is 19.1 Å². The van der Waals surface area contributed by atoms with Gasteiger partial charge in [-0.1, -0.05) is 29.5 Å². The number of rotatable bonds is 3. The number of ether oxygens (including phenoxy) is 2. The van der Waals surface area contributed by atoms with Crippen molar-refractivity contribution in [1.82, 2.24) is 0 Å². The van der Waals surface area contributed by atoms with Gasteiger partial charge in [-0.05, 0) is 20.3 Å². The van der Waals surface area contributed by atoms with Crippen LogP contribution in [0.1, 0.15) is 40.0 Å². The Labute approximate surface area is 109 Å². The molecule has 0 saturated carbocycles. The van der Waals surface area contributed by atoms with Crippen LogP contribution in [0.5, 0.6) is 0 Å². The zero-order valence-corrected chi connectivity index (χ0v) is 12.0. The summed E-state index contributed by atoms with van der Waals surface area (Å²) in [5, 5.41) is 0. The van der Waals surface area contributed by atoms with Crippen LogP contribution in [0.3, 0.4) is 0 Å². The minimum Gasteiger partial charge on any atom is -0.465 e. The van der Waals surface area contributed by atoms with Crippen LogP contribution in [-0.2, 0) is 19.1 Å². The molecule has 16 heavy (non-hydrogen) atoms. The highest BCUT2D eigenvalue weighted by molar-refractivity contribution is 14.1. The molecular formula is C11H17IO4. The first-order chi connectivity index (χ1) is 7.29. The van der Waals surface area contributed by atoms with Gasteiger partial charge < -0.3 is 9.47 Å². The van der Waals surface area contributed by atoms with Crippen LogP contribution in [0.25, 0.3) is 0 Å². The number of carbonyl (C=O) groups excluding carboxylic acids is 2. The summed E-state index contributed by atoms with van der Waals surface area (Å²) >= 11 is 2.08. The van der Waals surface area contributed by atoms with Gasteiger partial charge in [-0.15, -0.1) is 0 Å². The average Bonchev–Trinajstić information content (AvgIpc) is 2.16. The normalized spacial score (nSPS) is 29.1. The molecule has 5 heteroatoms. The first-order valence-electron chi connectivity index (χ1n) is 5.37. The molecule has 1 rings (SSSR count). The van der Waals surface area contributed by atoms with E-state index in [2.05, 4.69) is 22.6 Å². The van der Waals surface area contributed by atoms with Gasteiger partial charge in [0.2, 0.25) is 0 Å². The topological polar surface area (TPSA) is 52.6 Å². The van der Waals surface area contributed by atoms with Gasteiger partial charge in [0.25, 0.3) is 0 Å². The van der Waals surface area contributed by atoms with Crippen molar-refractivity contribution in [3.8, 4) is 0 Å². The van der Waals surface area contributed by atoms with E-state index in [4.69, 9.17) is 9.47 Å². The predicted octanol–water partition coefficient (Wildman–Crippen LogP) is 2.23. The Morgan fingerprint density at radius 3 is 2.81 bits per heavy atom. The van der Waals surface area contributed by atoms with Crippen molar-refractivity contribution in [3.63, 3.8) is 0 Å². The quantitative estimate of drug-likeness (QED) is 0.449. The largest absolute Gasteiger partial charge is 0.465 e. The van der Waals surface area contributed by atoms with Gasteiger partial charge >= 0.3 is 11.9 Å². The standard InChI is InChI=1S/C11H17IO4/c1-4-11(3,12)9(14)16-10(2)5-6-15-8(13)7-10/h4-7H2,1-3H3. The molecule has 0 aromatic carbocycles. The minimum absolute atomic E-state index is 0.148. The molecule has 0 bridgehead atoms. The molecule has 2 atom stereocenters. The molecule has 0 radical (unpaired) electrons. The van der Waals surface area contributed by atoms with Gasteiger partial charge in [-0.3, -0.25) is 9.59 Å². The molecule has 0 aliphatic carbocycles. The van der Waals surface area contributed by atoms with Crippen molar-refractivity contribution in [2.75, 3.05) is 6.61 Å². The van der Waals surface area contributed by atoms with Crippen molar-refractivity contribution in [2.24, 2.45) is 0 Å². The maximum atomic E-state index is 11.9. The fraction of sp³-hybridized carbons (Fsp3) is 0.818. The van der Waals surface area contributed by atoms with Gasteiger partial charge in [0.1, 0.15) is 9.02 Å². The van der Waals surface area contributed by atoms with Gasteiger partial charge in [0.15, 0.2) is 0 Å². The Morgan fingerprint density at radius 2 is 2.31 bits per heavy atom. The number of hydrogen-bond donors (Lipinski definition) is 0. The molecule has 1 fully saturated rings. The Morgan fingerprint density at radius 1 is 1.69 bits per heavy atom. The lowest BCUT2D eigenvalue weighted by Crippen LogP contribution is -2.44. The number of alkyl halides is 1. The summed E-state index contributed by atoms with van der Waals surface area (Å²) in [6.45, 7) is 5.88. The van der Waals surface area contributed by atoms with Crippen LogP contribution in [-0.4, -0.2) is 27.6 Å². The van der Waals surface area contributed by atoms with E-state index in [-0.39, 0.29) is 18.4 Å². The Balaban J connectivity index is 2.65. The van der Waals surface area contributed by atoms with Gasteiger partial charge in [0, 0.05) is 6.42 Å². The molecule has 4 nitrogen and oxygen atoms in total. The van der Waals surface area contributed by atoms with E-state index in [0.717, 1.165) is 0 Å². The van der Waals surface area contributed by atoms with Crippen LogP contribution in [0.2, 0.25) is 0 Å². The van der Waals surface area contributed by atoms with Crippen LogP contribution in [0.15, 0.2) is 0 Å². The number of esters is 2. The van der Waals surface area contributed by atoms with E-state index in [9.17, 15) is 9.59 Å². The van der Waals surface area contributed by atoms with Crippen molar-refractivity contribution in [3.05, 3.63) is 0 Å². The number of carbonyl (C=O) groups is 2. The summed E-state index contributed by atoms with van der Waals surface area (Å²) in [6, 6.07) is 0. The highest BCUT2D eigenvalue weighted by atomic mass is 127. The zero-order chi connectivity index (χ0) is 12.4. The number of hydrogen-bond acceptors (Lipinski definition) is 4. The Hall–Kier alpha value is -0.330. The van der Waals surface area contributed by atoms with Crippen LogP contribution in [0.4, 0.5) is 0 Å².